The first-order valence-corrected chi connectivity index (χ1v) is 11.9. The number of carbonyl (C=O) groups is 1. The zero-order valence-corrected chi connectivity index (χ0v) is 19.4. The maximum atomic E-state index is 13.5. The van der Waals surface area contributed by atoms with E-state index in [4.69, 9.17) is 21.1 Å². The number of aromatic amines is 1. The van der Waals surface area contributed by atoms with Crippen molar-refractivity contribution in [2.24, 2.45) is 11.8 Å². The number of para-hydroxylation sites is 1. The third-order valence-corrected chi connectivity index (χ3v) is 7.07. The van der Waals surface area contributed by atoms with Crippen molar-refractivity contribution in [1.82, 2.24) is 15.0 Å². The highest BCUT2D eigenvalue weighted by atomic mass is 35.5. The molecule has 2 aliphatic rings. The lowest BCUT2D eigenvalue weighted by atomic mass is 10.0. The summed E-state index contributed by atoms with van der Waals surface area (Å²) in [7, 11) is 0. The molecule has 2 aromatic heterocycles. The van der Waals surface area contributed by atoms with E-state index in [1.165, 1.54) is 6.33 Å². The van der Waals surface area contributed by atoms with Crippen molar-refractivity contribution < 1.29 is 19.4 Å². The Morgan fingerprint density at radius 2 is 2.00 bits per heavy atom. The summed E-state index contributed by atoms with van der Waals surface area (Å²) in [4.78, 5) is 25.3. The third kappa shape index (κ3) is 4.14. The molecular weight excluding hydrogens is 468 g/mol. The Morgan fingerprint density at radius 3 is 2.80 bits per heavy atom. The molecular formula is C26H23ClN4O4. The second-order valence-corrected chi connectivity index (χ2v) is 9.31. The van der Waals surface area contributed by atoms with Crippen molar-refractivity contribution in [3.63, 3.8) is 0 Å². The van der Waals surface area contributed by atoms with Gasteiger partial charge in [-0.25, -0.2) is 9.97 Å². The topological polar surface area (TPSA) is 109 Å². The fourth-order valence-electron chi connectivity index (χ4n) is 4.88. The minimum absolute atomic E-state index is 0.0397. The van der Waals surface area contributed by atoms with Gasteiger partial charge in [0.15, 0.2) is 5.78 Å². The van der Waals surface area contributed by atoms with Gasteiger partial charge >= 0.3 is 0 Å². The third-order valence-electron chi connectivity index (χ3n) is 6.76. The molecule has 4 unspecified atom stereocenters. The van der Waals surface area contributed by atoms with E-state index in [1.807, 2.05) is 30.3 Å². The van der Waals surface area contributed by atoms with Crippen LogP contribution in [0.2, 0.25) is 5.02 Å². The molecule has 1 aliphatic heterocycles. The summed E-state index contributed by atoms with van der Waals surface area (Å²) < 4.78 is 11.6. The Hall–Kier alpha value is -3.46. The summed E-state index contributed by atoms with van der Waals surface area (Å²) in [5.74, 6) is 2.32. The number of hydrogen-bond acceptors (Lipinski definition) is 7. The lowest BCUT2D eigenvalue weighted by Gasteiger charge is -2.28. The second-order valence-electron chi connectivity index (χ2n) is 8.90. The van der Waals surface area contributed by atoms with Crippen molar-refractivity contribution in [3.05, 3.63) is 77.2 Å². The average Bonchev–Trinajstić information content (AvgIpc) is 3.56. The predicted octanol–water partition coefficient (Wildman–Crippen LogP) is 4.44. The fourth-order valence-corrected chi connectivity index (χ4v) is 5.13. The van der Waals surface area contributed by atoms with Gasteiger partial charge in [-0.1, -0.05) is 29.8 Å². The Labute approximate surface area is 206 Å². The Balaban J connectivity index is 1.27. The maximum Gasteiger partial charge on any atom is 0.196 e. The molecule has 1 saturated carbocycles. The number of carbonyl (C=O) groups excluding carboxylic acids is 1. The number of nitrogens with one attached hydrogen (secondary N) is 2. The number of ketones is 1. The van der Waals surface area contributed by atoms with Crippen LogP contribution in [0.1, 0.15) is 22.3 Å². The van der Waals surface area contributed by atoms with Crippen LogP contribution in [0.4, 0.5) is 5.82 Å². The lowest BCUT2D eigenvalue weighted by molar-refractivity contribution is -0.0306. The Bertz CT molecular complexity index is 1390. The minimum Gasteiger partial charge on any atom is -0.457 e. The van der Waals surface area contributed by atoms with Gasteiger partial charge in [-0.3, -0.25) is 4.79 Å². The number of rotatable bonds is 7. The number of H-pyrrole nitrogens is 1. The fraction of sp³-hybridized carbons (Fsp3) is 0.269. The normalized spacial score (nSPS) is 23.0. The van der Waals surface area contributed by atoms with E-state index in [9.17, 15) is 9.90 Å². The highest BCUT2D eigenvalue weighted by molar-refractivity contribution is 6.35. The molecule has 0 bridgehead atoms. The molecule has 35 heavy (non-hydrogen) atoms. The van der Waals surface area contributed by atoms with Gasteiger partial charge in [0.2, 0.25) is 0 Å². The quantitative estimate of drug-likeness (QED) is 0.328. The van der Waals surface area contributed by atoms with Crippen molar-refractivity contribution in [3.8, 4) is 11.5 Å². The number of halogens is 1. The van der Waals surface area contributed by atoms with Crippen LogP contribution in [-0.2, 0) is 4.74 Å². The van der Waals surface area contributed by atoms with Crippen LogP contribution in [0.3, 0.4) is 0 Å². The van der Waals surface area contributed by atoms with Crippen LogP contribution in [0.15, 0.2) is 61.1 Å². The molecule has 2 aromatic carbocycles. The molecule has 2 fully saturated rings. The van der Waals surface area contributed by atoms with E-state index in [1.54, 1.807) is 24.4 Å². The van der Waals surface area contributed by atoms with Gasteiger partial charge in [-0.15, -0.1) is 0 Å². The first kappa shape index (κ1) is 22.0. The first-order chi connectivity index (χ1) is 17.1. The van der Waals surface area contributed by atoms with Crippen LogP contribution in [0.5, 0.6) is 11.5 Å². The molecule has 1 aliphatic carbocycles. The van der Waals surface area contributed by atoms with E-state index in [0.717, 1.165) is 6.42 Å². The van der Waals surface area contributed by atoms with Crippen LogP contribution in [0.25, 0.3) is 11.0 Å². The molecule has 8 nitrogen and oxygen atoms in total. The van der Waals surface area contributed by atoms with E-state index >= 15 is 0 Å². The first-order valence-electron chi connectivity index (χ1n) is 11.5. The minimum atomic E-state index is -0.241. The summed E-state index contributed by atoms with van der Waals surface area (Å²) in [6, 6.07) is 14.4. The number of aromatic nitrogens is 3. The van der Waals surface area contributed by atoms with Crippen LogP contribution < -0.4 is 10.1 Å². The monoisotopic (exact) mass is 490 g/mol. The SMILES string of the molecule is O=C(c1ccc(Oc2ccccc2)cc1Cl)c1c[nH]c2ncnc(NC3COC(CO)C4CC34)c12. The van der Waals surface area contributed by atoms with Gasteiger partial charge in [0.25, 0.3) is 0 Å². The Kier molecular flexibility index (Phi) is 5.64. The van der Waals surface area contributed by atoms with Crippen molar-refractivity contribution >= 4 is 34.2 Å². The number of hydrogen-bond donors (Lipinski definition) is 3. The van der Waals surface area contributed by atoms with Gasteiger partial charge in [-0.05, 0) is 42.5 Å². The maximum absolute atomic E-state index is 13.5. The number of ether oxygens (including phenoxy) is 2. The van der Waals surface area contributed by atoms with Gasteiger partial charge in [-0.2, -0.15) is 0 Å². The summed E-state index contributed by atoms with van der Waals surface area (Å²) in [5, 5.41) is 13.8. The standard InChI is InChI=1S/C26H23ClN4O4/c27-20-8-15(35-14-4-2-1-3-5-14)6-7-16(20)24(33)19-10-28-25-23(19)26(30-13-29-25)31-21-12-34-22(11-32)18-9-17(18)21/h1-8,10,13,17-18,21-22,32H,9,11-12H2,(H2,28,29,30,31). The number of aliphatic hydroxyl groups excluding tert-OH is 1. The van der Waals surface area contributed by atoms with Gasteiger partial charge < -0.3 is 24.9 Å². The predicted molar refractivity (Wildman–Crippen MR) is 131 cm³/mol. The van der Waals surface area contributed by atoms with Crippen LogP contribution >= 0.6 is 11.6 Å². The molecule has 3 heterocycles. The Morgan fingerprint density at radius 1 is 1.14 bits per heavy atom. The van der Waals surface area contributed by atoms with Crippen molar-refractivity contribution in [2.75, 3.05) is 18.5 Å². The number of fused-ring (bicyclic) bond motifs is 2. The molecule has 4 aromatic rings. The summed E-state index contributed by atoms with van der Waals surface area (Å²) in [6.07, 6.45) is 4.01. The van der Waals surface area contributed by atoms with Gasteiger partial charge in [0, 0.05) is 17.8 Å². The number of nitrogens with zero attached hydrogens (tertiary/aromatic N) is 2. The molecule has 3 N–H and O–H groups in total. The molecule has 1 saturated heterocycles. The van der Waals surface area contributed by atoms with E-state index in [2.05, 4.69) is 20.3 Å². The lowest BCUT2D eigenvalue weighted by Crippen LogP contribution is -2.39. The molecule has 4 atom stereocenters. The summed E-state index contributed by atoms with van der Waals surface area (Å²) in [5.41, 5.74) is 1.35. The highest BCUT2D eigenvalue weighted by Crippen LogP contribution is 2.48. The molecule has 9 heteroatoms. The van der Waals surface area contributed by atoms with Gasteiger partial charge in [0.05, 0.1) is 41.3 Å². The molecule has 6 rings (SSSR count). The molecule has 178 valence electrons. The highest BCUT2D eigenvalue weighted by Gasteiger charge is 2.51. The number of benzene rings is 2. The summed E-state index contributed by atoms with van der Waals surface area (Å²) in [6.45, 7) is 0.512. The molecule has 0 radical (unpaired) electrons. The number of anilines is 1. The zero-order chi connectivity index (χ0) is 23.9. The average molecular weight is 491 g/mol. The summed E-state index contributed by atoms with van der Waals surface area (Å²) >= 11 is 6.51. The van der Waals surface area contributed by atoms with E-state index in [-0.39, 0.29) is 24.5 Å². The van der Waals surface area contributed by atoms with Crippen LogP contribution in [-0.4, -0.2) is 51.2 Å². The number of aliphatic hydroxyl groups is 1. The van der Waals surface area contributed by atoms with E-state index in [0.29, 0.717) is 62.9 Å². The van der Waals surface area contributed by atoms with E-state index < -0.39 is 0 Å². The van der Waals surface area contributed by atoms with Gasteiger partial charge in [0.1, 0.15) is 29.3 Å². The molecule has 0 amide bonds. The smallest absolute Gasteiger partial charge is 0.196 e. The zero-order valence-electron chi connectivity index (χ0n) is 18.6. The molecule has 0 spiro atoms. The van der Waals surface area contributed by atoms with Crippen molar-refractivity contribution in [1.29, 1.82) is 0 Å². The largest absolute Gasteiger partial charge is 0.457 e. The van der Waals surface area contributed by atoms with Crippen LogP contribution in [0, 0.1) is 11.8 Å². The second kappa shape index (κ2) is 8.96. The van der Waals surface area contributed by atoms with Crippen molar-refractivity contribution in [2.45, 2.75) is 18.6 Å².